The average molecular weight is 744 g/mol. The van der Waals surface area contributed by atoms with E-state index in [9.17, 15) is 0 Å². The van der Waals surface area contributed by atoms with Gasteiger partial charge in [-0.2, -0.15) is 0 Å². The zero-order valence-corrected chi connectivity index (χ0v) is 31.2. The number of benzene rings is 9. The van der Waals surface area contributed by atoms with Crippen molar-refractivity contribution in [2.24, 2.45) is 0 Å². The Morgan fingerprint density at radius 3 is 1.29 bits per heavy atom. The molecule has 0 aliphatic heterocycles. The molecule has 0 aliphatic rings. The van der Waals surface area contributed by atoms with E-state index in [2.05, 4.69) is 175 Å². The molecule has 12 aromatic rings. The SMILES string of the molecule is c1ccc(-c2ccc(N(c3ccc(-c4ccc5oc6ccccc6c5c4)cc3)c3ccc(-c4ccc5oc6ccccc6c5c4)cc3)c3oc4ccccc4c23)cc1. The fraction of sp³-hybridized carbons (Fsp3) is 0. The molecule has 3 heterocycles. The third-order valence-corrected chi connectivity index (χ3v) is 11.5. The highest BCUT2D eigenvalue weighted by molar-refractivity contribution is 6.17. The van der Waals surface area contributed by atoms with Crippen molar-refractivity contribution in [3.63, 3.8) is 0 Å². The first-order chi connectivity index (χ1) is 28.7. The Labute approximate surface area is 333 Å². The van der Waals surface area contributed by atoms with Gasteiger partial charge in [-0.05, 0) is 106 Å². The van der Waals surface area contributed by atoms with Crippen LogP contribution in [0.15, 0.2) is 213 Å². The van der Waals surface area contributed by atoms with Gasteiger partial charge in [-0.1, -0.05) is 127 Å². The summed E-state index contributed by atoms with van der Waals surface area (Å²) in [6, 6.07) is 70.3. The number of anilines is 3. The van der Waals surface area contributed by atoms with Crippen LogP contribution < -0.4 is 4.90 Å². The molecule has 0 fully saturated rings. The second kappa shape index (κ2) is 12.9. The lowest BCUT2D eigenvalue weighted by Gasteiger charge is -2.26. The molecular weight excluding hydrogens is 711 g/mol. The van der Waals surface area contributed by atoms with E-state index in [4.69, 9.17) is 13.3 Å². The van der Waals surface area contributed by atoms with Crippen molar-refractivity contribution in [1.29, 1.82) is 0 Å². The fourth-order valence-corrected chi connectivity index (χ4v) is 8.69. The summed E-state index contributed by atoms with van der Waals surface area (Å²) in [5, 5.41) is 6.66. The Kier molecular flexibility index (Phi) is 7.20. The van der Waals surface area contributed by atoms with Crippen molar-refractivity contribution >= 4 is 82.9 Å². The summed E-state index contributed by atoms with van der Waals surface area (Å²) in [5.74, 6) is 0. The number of fused-ring (bicyclic) bond motifs is 9. The highest BCUT2D eigenvalue weighted by Crippen LogP contribution is 2.46. The lowest BCUT2D eigenvalue weighted by atomic mass is 9.97. The van der Waals surface area contributed by atoms with Crippen LogP contribution >= 0.6 is 0 Å². The maximum absolute atomic E-state index is 6.83. The topological polar surface area (TPSA) is 42.7 Å². The van der Waals surface area contributed by atoms with Gasteiger partial charge in [-0.3, -0.25) is 0 Å². The fourth-order valence-electron chi connectivity index (χ4n) is 8.69. The number of rotatable bonds is 6. The van der Waals surface area contributed by atoms with E-state index in [-0.39, 0.29) is 0 Å². The Hall–Kier alpha value is -7.82. The zero-order valence-electron chi connectivity index (χ0n) is 31.2. The molecule has 9 aromatic carbocycles. The van der Waals surface area contributed by atoms with Crippen LogP contribution in [0.3, 0.4) is 0 Å². The Morgan fingerprint density at radius 2 is 0.741 bits per heavy atom. The highest BCUT2D eigenvalue weighted by Gasteiger charge is 2.22. The maximum Gasteiger partial charge on any atom is 0.160 e. The molecule has 0 amide bonds. The molecule has 0 unspecified atom stereocenters. The second-order valence-electron chi connectivity index (χ2n) is 14.8. The van der Waals surface area contributed by atoms with E-state index in [1.54, 1.807) is 0 Å². The summed E-state index contributed by atoms with van der Waals surface area (Å²) in [5.41, 5.74) is 15.1. The lowest BCUT2D eigenvalue weighted by Crippen LogP contribution is -2.10. The van der Waals surface area contributed by atoms with Gasteiger partial charge in [0.25, 0.3) is 0 Å². The van der Waals surface area contributed by atoms with E-state index in [1.807, 2.05) is 30.3 Å². The number of para-hydroxylation sites is 3. The quantitative estimate of drug-likeness (QED) is 0.170. The minimum absolute atomic E-state index is 0.838. The van der Waals surface area contributed by atoms with E-state index in [0.29, 0.717) is 0 Å². The smallest absolute Gasteiger partial charge is 0.160 e. The van der Waals surface area contributed by atoms with Crippen LogP contribution in [-0.4, -0.2) is 0 Å². The van der Waals surface area contributed by atoms with Gasteiger partial charge >= 0.3 is 0 Å². The summed E-state index contributed by atoms with van der Waals surface area (Å²) < 4.78 is 19.1. The molecule has 0 atom stereocenters. The largest absolute Gasteiger partial charge is 0.456 e. The molecule has 0 radical (unpaired) electrons. The number of hydrogen-bond donors (Lipinski definition) is 0. The van der Waals surface area contributed by atoms with E-state index in [0.717, 1.165) is 116 Å². The van der Waals surface area contributed by atoms with Crippen molar-refractivity contribution in [2.45, 2.75) is 0 Å². The van der Waals surface area contributed by atoms with Gasteiger partial charge < -0.3 is 18.2 Å². The molecule has 0 bridgehead atoms. The molecule has 3 aromatic heterocycles. The van der Waals surface area contributed by atoms with Gasteiger partial charge in [0.2, 0.25) is 0 Å². The van der Waals surface area contributed by atoms with Gasteiger partial charge in [0.05, 0.1) is 5.69 Å². The Balaban J connectivity index is 1.01. The van der Waals surface area contributed by atoms with Crippen molar-refractivity contribution < 1.29 is 13.3 Å². The Bertz CT molecular complexity index is 3340. The van der Waals surface area contributed by atoms with Crippen molar-refractivity contribution in [3.8, 4) is 33.4 Å². The van der Waals surface area contributed by atoms with Gasteiger partial charge in [0, 0.05) is 43.7 Å². The molecule has 0 saturated heterocycles. The van der Waals surface area contributed by atoms with Crippen molar-refractivity contribution in [3.05, 3.63) is 200 Å². The Morgan fingerprint density at radius 1 is 0.293 bits per heavy atom. The molecule has 0 saturated carbocycles. The summed E-state index contributed by atoms with van der Waals surface area (Å²) in [4.78, 5) is 2.31. The summed E-state index contributed by atoms with van der Waals surface area (Å²) in [6.45, 7) is 0. The molecule has 12 rings (SSSR count). The zero-order chi connectivity index (χ0) is 38.2. The average Bonchev–Trinajstić information content (AvgIpc) is 3.99. The lowest BCUT2D eigenvalue weighted by molar-refractivity contribution is 0.668. The first-order valence-electron chi connectivity index (χ1n) is 19.6. The minimum atomic E-state index is 0.838. The van der Waals surface area contributed by atoms with E-state index in [1.165, 1.54) is 0 Å². The van der Waals surface area contributed by atoms with Crippen molar-refractivity contribution in [1.82, 2.24) is 0 Å². The number of furan rings is 3. The molecule has 272 valence electrons. The van der Waals surface area contributed by atoms with Crippen LogP contribution in [0.25, 0.3) is 99.2 Å². The number of nitrogens with zero attached hydrogens (tertiary/aromatic N) is 1. The molecule has 0 spiro atoms. The normalized spacial score (nSPS) is 11.8. The van der Waals surface area contributed by atoms with Gasteiger partial charge in [0.15, 0.2) is 5.58 Å². The molecule has 4 heteroatoms. The van der Waals surface area contributed by atoms with Crippen LogP contribution in [0.5, 0.6) is 0 Å². The number of hydrogen-bond acceptors (Lipinski definition) is 4. The highest BCUT2D eigenvalue weighted by atomic mass is 16.3. The van der Waals surface area contributed by atoms with Crippen molar-refractivity contribution in [2.75, 3.05) is 4.90 Å². The summed E-state index contributed by atoms with van der Waals surface area (Å²) >= 11 is 0. The molecular formula is C54H33NO3. The molecule has 0 aliphatic carbocycles. The monoisotopic (exact) mass is 743 g/mol. The second-order valence-corrected chi connectivity index (χ2v) is 14.8. The minimum Gasteiger partial charge on any atom is -0.456 e. The van der Waals surface area contributed by atoms with Crippen LogP contribution in [0.2, 0.25) is 0 Å². The maximum atomic E-state index is 6.83. The first kappa shape index (κ1) is 32.4. The predicted molar refractivity (Wildman–Crippen MR) is 239 cm³/mol. The molecule has 58 heavy (non-hydrogen) atoms. The predicted octanol–water partition coefficient (Wildman–Crippen LogP) is 15.9. The molecule has 0 N–H and O–H groups in total. The third kappa shape index (κ3) is 5.16. The standard InChI is InChI=1S/C54H33NO3/c1-2-10-36(11-3-1)41-28-29-47(54-53(41)44-14-6-9-17-50(44)58-54)55(39-24-18-34(19-25-39)37-22-30-51-45(32-37)42-12-4-7-15-48(42)56-51)40-26-20-35(21-27-40)38-23-31-52-46(33-38)43-13-5-8-16-49(43)57-52/h1-33H. The van der Waals surface area contributed by atoms with E-state index >= 15 is 0 Å². The summed E-state index contributed by atoms with van der Waals surface area (Å²) in [6.07, 6.45) is 0. The first-order valence-corrected chi connectivity index (χ1v) is 19.6. The third-order valence-electron chi connectivity index (χ3n) is 11.5. The van der Waals surface area contributed by atoms with Crippen LogP contribution in [0.4, 0.5) is 17.1 Å². The van der Waals surface area contributed by atoms with E-state index < -0.39 is 0 Å². The van der Waals surface area contributed by atoms with Crippen LogP contribution in [0, 0.1) is 0 Å². The van der Waals surface area contributed by atoms with Crippen LogP contribution in [-0.2, 0) is 0 Å². The van der Waals surface area contributed by atoms with Gasteiger partial charge in [-0.15, -0.1) is 0 Å². The van der Waals surface area contributed by atoms with Gasteiger partial charge in [0.1, 0.15) is 27.9 Å². The van der Waals surface area contributed by atoms with Crippen LogP contribution in [0.1, 0.15) is 0 Å². The van der Waals surface area contributed by atoms with Gasteiger partial charge in [-0.25, -0.2) is 0 Å². The molecule has 4 nitrogen and oxygen atoms in total. The summed E-state index contributed by atoms with van der Waals surface area (Å²) in [7, 11) is 0.